The maximum atomic E-state index is 13.1. The summed E-state index contributed by atoms with van der Waals surface area (Å²) >= 11 is 0. The van der Waals surface area contributed by atoms with Crippen molar-refractivity contribution in [3.8, 4) is 11.1 Å². The number of carboxylic acids is 1. The summed E-state index contributed by atoms with van der Waals surface area (Å²) in [4.78, 5) is 38.3. The molecule has 0 aromatic heterocycles. The second kappa shape index (κ2) is 10.5. The minimum Gasteiger partial charge on any atom is -0.480 e. The Morgan fingerprint density at radius 3 is 2.26 bits per heavy atom. The number of aliphatic carboxylic acids is 1. The number of nitrogens with zero attached hydrogens (tertiary/aromatic N) is 1. The first-order chi connectivity index (χ1) is 16.5. The van der Waals surface area contributed by atoms with Crippen molar-refractivity contribution in [1.82, 2.24) is 10.2 Å². The number of carbonyl (C=O) groups is 3. The van der Waals surface area contributed by atoms with Gasteiger partial charge in [-0.15, -0.1) is 6.58 Å². The molecule has 2 atom stereocenters. The van der Waals surface area contributed by atoms with E-state index in [-0.39, 0.29) is 31.5 Å². The van der Waals surface area contributed by atoms with Crippen LogP contribution >= 0.6 is 0 Å². The van der Waals surface area contributed by atoms with Crippen LogP contribution in [0.3, 0.4) is 0 Å². The lowest BCUT2D eigenvalue weighted by atomic mass is 9.83. The third-order valence-corrected chi connectivity index (χ3v) is 6.72. The number of carbonyl (C=O) groups excluding carboxylic acids is 2. The molecule has 2 N–H and O–H groups in total. The predicted octanol–water partition coefficient (Wildman–Crippen LogP) is 4.18. The molecule has 1 fully saturated rings. The summed E-state index contributed by atoms with van der Waals surface area (Å²) in [7, 11) is 0. The molecule has 1 saturated carbocycles. The third-order valence-electron chi connectivity index (χ3n) is 6.72. The number of hydrogen-bond donors (Lipinski definition) is 2. The SMILES string of the molecule is C=CCN(CC(=O)O)C(=O)C1CCCCC1NC(=O)OCC1c2ccccc2-c2ccccc21. The molecule has 0 saturated heterocycles. The van der Waals surface area contributed by atoms with Crippen molar-refractivity contribution >= 4 is 18.0 Å². The molecule has 7 nitrogen and oxygen atoms in total. The van der Waals surface area contributed by atoms with Gasteiger partial charge in [0.15, 0.2) is 0 Å². The van der Waals surface area contributed by atoms with Crippen LogP contribution in [0.1, 0.15) is 42.7 Å². The first-order valence-corrected chi connectivity index (χ1v) is 11.7. The third kappa shape index (κ3) is 4.98. The highest BCUT2D eigenvalue weighted by atomic mass is 16.5. The zero-order valence-corrected chi connectivity index (χ0v) is 19.1. The highest BCUT2D eigenvalue weighted by Crippen LogP contribution is 2.44. The van der Waals surface area contributed by atoms with Crippen molar-refractivity contribution in [3.63, 3.8) is 0 Å². The van der Waals surface area contributed by atoms with E-state index in [2.05, 4.69) is 36.2 Å². The smallest absolute Gasteiger partial charge is 0.407 e. The zero-order valence-electron chi connectivity index (χ0n) is 19.1. The summed E-state index contributed by atoms with van der Waals surface area (Å²) in [5, 5.41) is 12.1. The van der Waals surface area contributed by atoms with E-state index in [1.165, 1.54) is 11.0 Å². The number of rotatable bonds is 8. The van der Waals surface area contributed by atoms with E-state index in [1.54, 1.807) is 0 Å². The fourth-order valence-electron chi connectivity index (χ4n) is 5.18. The lowest BCUT2D eigenvalue weighted by molar-refractivity contribution is -0.146. The van der Waals surface area contributed by atoms with Crippen molar-refractivity contribution in [2.24, 2.45) is 5.92 Å². The van der Waals surface area contributed by atoms with Crippen LogP contribution < -0.4 is 5.32 Å². The first-order valence-electron chi connectivity index (χ1n) is 11.7. The van der Waals surface area contributed by atoms with Crippen LogP contribution in [-0.2, 0) is 14.3 Å². The molecule has 2 aromatic rings. The van der Waals surface area contributed by atoms with Crippen LogP contribution in [0, 0.1) is 5.92 Å². The highest BCUT2D eigenvalue weighted by molar-refractivity contribution is 5.84. The Bertz CT molecular complexity index is 1040. The normalized spacial score (nSPS) is 18.9. The average molecular weight is 463 g/mol. The van der Waals surface area contributed by atoms with E-state index in [0.29, 0.717) is 12.8 Å². The lowest BCUT2D eigenvalue weighted by Gasteiger charge is -2.34. The van der Waals surface area contributed by atoms with Gasteiger partial charge in [0.2, 0.25) is 5.91 Å². The summed E-state index contributed by atoms with van der Waals surface area (Å²) in [5.41, 5.74) is 4.59. The van der Waals surface area contributed by atoms with E-state index in [9.17, 15) is 14.4 Å². The Kier molecular flexibility index (Phi) is 7.30. The van der Waals surface area contributed by atoms with Crippen molar-refractivity contribution in [2.75, 3.05) is 19.7 Å². The molecule has 2 amide bonds. The largest absolute Gasteiger partial charge is 0.480 e. The molecule has 0 heterocycles. The number of benzene rings is 2. The van der Waals surface area contributed by atoms with E-state index in [1.807, 2.05) is 24.3 Å². The Hall–Kier alpha value is -3.61. The average Bonchev–Trinajstić information content (AvgIpc) is 3.16. The summed E-state index contributed by atoms with van der Waals surface area (Å²) in [6, 6.07) is 15.9. The molecular formula is C27H30N2O5. The van der Waals surface area contributed by atoms with Crippen LogP contribution in [-0.4, -0.2) is 53.7 Å². The van der Waals surface area contributed by atoms with Gasteiger partial charge in [-0.3, -0.25) is 9.59 Å². The lowest BCUT2D eigenvalue weighted by Crippen LogP contribution is -2.50. The van der Waals surface area contributed by atoms with Crippen LogP contribution in [0.15, 0.2) is 61.2 Å². The van der Waals surface area contributed by atoms with Gasteiger partial charge in [-0.2, -0.15) is 0 Å². The number of amides is 2. The number of hydrogen-bond acceptors (Lipinski definition) is 4. The van der Waals surface area contributed by atoms with Gasteiger partial charge in [-0.05, 0) is 35.1 Å². The van der Waals surface area contributed by atoms with Crippen LogP contribution in [0.25, 0.3) is 11.1 Å². The van der Waals surface area contributed by atoms with Gasteiger partial charge in [0.1, 0.15) is 13.2 Å². The monoisotopic (exact) mass is 462 g/mol. The van der Waals surface area contributed by atoms with E-state index >= 15 is 0 Å². The highest BCUT2D eigenvalue weighted by Gasteiger charge is 2.36. The topological polar surface area (TPSA) is 95.9 Å². The molecule has 0 bridgehead atoms. The van der Waals surface area contributed by atoms with Gasteiger partial charge in [-0.25, -0.2) is 4.79 Å². The molecular weight excluding hydrogens is 432 g/mol. The number of alkyl carbamates (subject to hydrolysis) is 1. The maximum absolute atomic E-state index is 13.1. The first kappa shape index (κ1) is 23.5. The fourth-order valence-corrected chi connectivity index (χ4v) is 5.18. The zero-order chi connectivity index (χ0) is 24.1. The molecule has 2 unspecified atom stereocenters. The van der Waals surface area contributed by atoms with Crippen LogP contribution in [0.5, 0.6) is 0 Å². The van der Waals surface area contributed by atoms with Crippen molar-refractivity contribution in [3.05, 3.63) is 72.3 Å². The Morgan fingerprint density at radius 1 is 1.03 bits per heavy atom. The summed E-state index contributed by atoms with van der Waals surface area (Å²) in [6.45, 7) is 3.58. The predicted molar refractivity (Wildman–Crippen MR) is 128 cm³/mol. The van der Waals surface area contributed by atoms with Crippen molar-refractivity contribution in [1.29, 1.82) is 0 Å². The van der Waals surface area contributed by atoms with E-state index in [0.717, 1.165) is 35.1 Å². The van der Waals surface area contributed by atoms with Gasteiger partial charge in [0.25, 0.3) is 0 Å². The van der Waals surface area contributed by atoms with Crippen LogP contribution in [0.2, 0.25) is 0 Å². The number of nitrogens with one attached hydrogen (secondary N) is 1. The number of fused-ring (bicyclic) bond motifs is 3. The van der Waals surface area contributed by atoms with Gasteiger partial charge >= 0.3 is 12.1 Å². The minimum absolute atomic E-state index is 0.0411. The molecule has 34 heavy (non-hydrogen) atoms. The summed E-state index contributed by atoms with van der Waals surface area (Å²) in [5.74, 6) is -1.87. The fraction of sp³-hybridized carbons (Fsp3) is 0.370. The summed E-state index contributed by atoms with van der Waals surface area (Å²) in [6.07, 6.45) is 3.94. The number of carboxylic acid groups (broad SMARTS) is 1. The van der Waals surface area contributed by atoms with Crippen LogP contribution in [0.4, 0.5) is 4.79 Å². The Labute approximate surface area is 199 Å². The van der Waals surface area contributed by atoms with Gasteiger partial charge in [-0.1, -0.05) is 67.4 Å². The molecule has 7 heteroatoms. The summed E-state index contributed by atoms with van der Waals surface area (Å²) < 4.78 is 5.66. The van der Waals surface area contributed by atoms with E-state index in [4.69, 9.17) is 9.84 Å². The molecule has 178 valence electrons. The van der Waals surface area contributed by atoms with Crippen molar-refractivity contribution < 1.29 is 24.2 Å². The van der Waals surface area contributed by atoms with Gasteiger partial charge in [0.05, 0.1) is 5.92 Å². The Morgan fingerprint density at radius 2 is 1.65 bits per heavy atom. The standard InChI is InChI=1S/C27H30N2O5/c1-2-15-29(16-25(30)31)26(32)22-13-7-8-14-24(22)28-27(33)34-17-23-20-11-5-3-9-18(20)19-10-4-6-12-21(19)23/h2-6,9-12,22-24H,1,7-8,13-17H2,(H,28,33)(H,30,31). The molecule has 4 rings (SSSR count). The second-order valence-electron chi connectivity index (χ2n) is 8.87. The molecule has 0 aliphatic heterocycles. The molecule has 0 spiro atoms. The Balaban J connectivity index is 1.41. The second-order valence-corrected chi connectivity index (χ2v) is 8.87. The maximum Gasteiger partial charge on any atom is 0.407 e. The van der Waals surface area contributed by atoms with E-state index < -0.39 is 24.0 Å². The van der Waals surface area contributed by atoms with Gasteiger partial charge < -0.3 is 20.1 Å². The molecule has 2 aromatic carbocycles. The molecule has 2 aliphatic carbocycles. The minimum atomic E-state index is -1.08. The van der Waals surface area contributed by atoms with Crippen molar-refractivity contribution in [2.45, 2.75) is 37.6 Å². The quantitative estimate of drug-likeness (QED) is 0.574. The van der Waals surface area contributed by atoms with Gasteiger partial charge in [0, 0.05) is 18.5 Å². The molecule has 2 aliphatic rings. The number of ether oxygens (including phenoxy) is 1. The molecule has 0 radical (unpaired) electrons.